The van der Waals surface area contributed by atoms with E-state index in [0.29, 0.717) is 17.5 Å². The molecule has 6 rings (SSSR count). The van der Waals surface area contributed by atoms with Crippen molar-refractivity contribution in [1.29, 1.82) is 5.26 Å². The Bertz CT molecular complexity index is 1500. The smallest absolute Gasteiger partial charge is 0.147 e. The van der Waals surface area contributed by atoms with Crippen LogP contribution in [0.5, 0.6) is 0 Å². The number of hydrogen-bond donors (Lipinski definition) is 0. The number of fused-ring (bicyclic) bond motifs is 1. The number of piperidine rings is 1. The number of rotatable bonds is 5. The summed E-state index contributed by atoms with van der Waals surface area (Å²) in [5, 5.41) is 14.8. The summed E-state index contributed by atoms with van der Waals surface area (Å²) in [7, 11) is 0. The molecular formula is C31H30N4O. The van der Waals surface area contributed by atoms with Crippen molar-refractivity contribution in [3.8, 4) is 17.3 Å². The number of allylic oxidation sites excluding steroid dienone is 1. The molecule has 180 valence electrons. The lowest BCUT2D eigenvalue weighted by molar-refractivity contribution is 0.386. The quantitative estimate of drug-likeness (QED) is 0.306. The molecule has 2 aliphatic rings. The minimum absolute atomic E-state index is 0.476. The Hall–Kier alpha value is -3.91. The number of benzene rings is 2. The Balaban J connectivity index is 1.19. The first-order valence-corrected chi connectivity index (χ1v) is 12.9. The molecule has 3 heterocycles. The molecule has 1 saturated carbocycles. The van der Waals surface area contributed by atoms with Crippen LogP contribution in [-0.4, -0.2) is 23.2 Å². The van der Waals surface area contributed by atoms with Crippen LogP contribution >= 0.6 is 0 Å². The van der Waals surface area contributed by atoms with E-state index in [0.717, 1.165) is 59.4 Å². The lowest BCUT2D eigenvalue weighted by Gasteiger charge is -2.32. The number of nitrogens with zero attached hydrogens (tertiary/aromatic N) is 4. The number of anilines is 1. The summed E-state index contributed by atoms with van der Waals surface area (Å²) in [6.07, 6.45) is 9.28. The predicted octanol–water partition coefficient (Wildman–Crippen LogP) is 7.19. The van der Waals surface area contributed by atoms with E-state index in [-0.39, 0.29) is 0 Å². The Morgan fingerprint density at radius 3 is 2.56 bits per heavy atom. The zero-order valence-electron chi connectivity index (χ0n) is 20.9. The molecule has 5 heteroatoms. The van der Waals surface area contributed by atoms with Gasteiger partial charge in [-0.1, -0.05) is 41.6 Å². The second kappa shape index (κ2) is 9.28. The number of pyridine rings is 1. The van der Waals surface area contributed by atoms with E-state index in [4.69, 9.17) is 4.52 Å². The first-order valence-electron chi connectivity index (χ1n) is 12.9. The van der Waals surface area contributed by atoms with Gasteiger partial charge in [0.05, 0.1) is 5.52 Å². The Morgan fingerprint density at radius 1 is 1.00 bits per heavy atom. The largest absolute Gasteiger partial charge is 0.371 e. The highest BCUT2D eigenvalue weighted by molar-refractivity contribution is 5.86. The van der Waals surface area contributed by atoms with Crippen molar-refractivity contribution >= 4 is 22.7 Å². The van der Waals surface area contributed by atoms with Crippen molar-refractivity contribution in [2.45, 2.75) is 45.4 Å². The maximum atomic E-state index is 9.20. The summed E-state index contributed by atoms with van der Waals surface area (Å²) < 4.78 is 5.87. The van der Waals surface area contributed by atoms with Crippen LogP contribution in [0.1, 0.15) is 59.7 Å². The van der Waals surface area contributed by atoms with Crippen LogP contribution < -0.4 is 4.90 Å². The summed E-state index contributed by atoms with van der Waals surface area (Å²) in [6.45, 7) is 6.23. The molecule has 0 spiro atoms. The van der Waals surface area contributed by atoms with Crippen LogP contribution in [0.15, 0.2) is 59.1 Å². The second-order valence-electron chi connectivity index (χ2n) is 10.2. The molecule has 0 unspecified atom stereocenters. The molecular weight excluding hydrogens is 444 g/mol. The van der Waals surface area contributed by atoms with Crippen LogP contribution in [-0.2, 0) is 0 Å². The van der Waals surface area contributed by atoms with Gasteiger partial charge in [0.1, 0.15) is 23.2 Å². The molecule has 36 heavy (non-hydrogen) atoms. The first kappa shape index (κ1) is 22.5. The topological polar surface area (TPSA) is 66.0 Å². The van der Waals surface area contributed by atoms with Gasteiger partial charge < -0.3 is 9.42 Å². The standard InChI is InChI=1S/C31H30N4O/c1-20-5-3-4-6-26(20)30-27(31(36-34-30)23-8-9-23)11-7-22-13-15-35(16-14-22)25-10-12-29-28(18-25)21(2)17-24(19-32)33-29/h3-7,10-12,17-18,22-23H,8-9,13-16H2,1-2H3/b11-7+. The molecule has 0 atom stereocenters. The van der Waals surface area contributed by atoms with Gasteiger partial charge >= 0.3 is 0 Å². The van der Waals surface area contributed by atoms with Crippen molar-refractivity contribution in [3.05, 3.63) is 82.8 Å². The van der Waals surface area contributed by atoms with Crippen molar-refractivity contribution in [1.82, 2.24) is 10.1 Å². The minimum atomic E-state index is 0.476. The Kier molecular flexibility index (Phi) is 5.81. The van der Waals surface area contributed by atoms with Crippen LogP contribution in [0, 0.1) is 31.1 Å². The third-order valence-electron chi connectivity index (χ3n) is 7.66. The van der Waals surface area contributed by atoms with Crippen LogP contribution in [0.4, 0.5) is 5.69 Å². The van der Waals surface area contributed by atoms with Crippen molar-refractivity contribution in [2.24, 2.45) is 5.92 Å². The fraction of sp³-hybridized carbons (Fsp3) is 0.323. The van der Waals surface area contributed by atoms with Gasteiger partial charge in [-0.3, -0.25) is 0 Å². The van der Waals surface area contributed by atoms with Gasteiger partial charge in [-0.25, -0.2) is 4.98 Å². The third kappa shape index (κ3) is 4.28. The first-order chi connectivity index (χ1) is 17.6. The molecule has 0 radical (unpaired) electrons. The molecule has 2 fully saturated rings. The lowest BCUT2D eigenvalue weighted by Crippen LogP contribution is -2.33. The second-order valence-corrected chi connectivity index (χ2v) is 10.2. The average molecular weight is 475 g/mol. The summed E-state index contributed by atoms with van der Waals surface area (Å²) in [6, 6.07) is 18.9. The van der Waals surface area contributed by atoms with Crippen LogP contribution in [0.2, 0.25) is 0 Å². The highest BCUT2D eigenvalue weighted by Gasteiger charge is 2.32. The molecule has 1 saturated heterocycles. The molecule has 1 aliphatic carbocycles. The number of aromatic nitrogens is 2. The van der Waals surface area contributed by atoms with E-state index in [9.17, 15) is 5.26 Å². The summed E-state index contributed by atoms with van der Waals surface area (Å²) in [5.41, 5.74) is 8.22. The molecule has 1 aliphatic heterocycles. The summed E-state index contributed by atoms with van der Waals surface area (Å²) >= 11 is 0. The minimum Gasteiger partial charge on any atom is -0.371 e. The Labute approximate surface area is 212 Å². The molecule has 0 N–H and O–H groups in total. The predicted molar refractivity (Wildman–Crippen MR) is 144 cm³/mol. The molecule has 2 aromatic heterocycles. The molecule has 0 bridgehead atoms. The van der Waals surface area contributed by atoms with E-state index >= 15 is 0 Å². The molecule has 4 aromatic rings. The van der Waals surface area contributed by atoms with Gasteiger partial charge in [-0.05, 0) is 80.8 Å². The van der Waals surface area contributed by atoms with Gasteiger partial charge in [0, 0.05) is 41.2 Å². The van der Waals surface area contributed by atoms with Gasteiger partial charge in [-0.2, -0.15) is 5.26 Å². The zero-order chi connectivity index (χ0) is 24.6. The number of hydrogen-bond acceptors (Lipinski definition) is 5. The fourth-order valence-corrected chi connectivity index (χ4v) is 5.36. The van der Waals surface area contributed by atoms with Gasteiger partial charge in [-0.15, -0.1) is 0 Å². The van der Waals surface area contributed by atoms with E-state index in [1.165, 1.54) is 29.7 Å². The van der Waals surface area contributed by atoms with E-state index in [2.05, 4.69) is 83.5 Å². The fourth-order valence-electron chi connectivity index (χ4n) is 5.36. The summed E-state index contributed by atoms with van der Waals surface area (Å²) in [4.78, 5) is 6.93. The van der Waals surface area contributed by atoms with E-state index in [1.54, 1.807) is 0 Å². The zero-order valence-corrected chi connectivity index (χ0v) is 20.9. The monoisotopic (exact) mass is 474 g/mol. The molecule has 5 nitrogen and oxygen atoms in total. The van der Waals surface area contributed by atoms with Crippen LogP contribution in [0.25, 0.3) is 28.2 Å². The maximum absolute atomic E-state index is 9.20. The summed E-state index contributed by atoms with van der Waals surface area (Å²) in [5.74, 6) is 2.11. The van der Waals surface area contributed by atoms with Crippen molar-refractivity contribution in [3.63, 3.8) is 0 Å². The number of aryl methyl sites for hydroxylation is 2. The Morgan fingerprint density at radius 2 is 1.81 bits per heavy atom. The average Bonchev–Trinajstić information content (AvgIpc) is 3.67. The highest BCUT2D eigenvalue weighted by Crippen LogP contribution is 2.45. The van der Waals surface area contributed by atoms with E-state index < -0.39 is 0 Å². The number of nitriles is 1. The van der Waals surface area contributed by atoms with Crippen molar-refractivity contribution < 1.29 is 4.52 Å². The molecule has 2 aromatic carbocycles. The maximum Gasteiger partial charge on any atom is 0.147 e. The normalized spacial score (nSPS) is 16.6. The van der Waals surface area contributed by atoms with Gasteiger partial charge in [0.2, 0.25) is 0 Å². The van der Waals surface area contributed by atoms with Crippen LogP contribution in [0.3, 0.4) is 0 Å². The lowest BCUT2D eigenvalue weighted by atomic mass is 9.93. The third-order valence-corrected chi connectivity index (χ3v) is 7.66. The highest BCUT2D eigenvalue weighted by atomic mass is 16.5. The van der Waals surface area contributed by atoms with Gasteiger partial charge in [0.15, 0.2) is 0 Å². The van der Waals surface area contributed by atoms with E-state index in [1.807, 2.05) is 12.1 Å². The SMILES string of the molecule is Cc1ccccc1-c1noc(C2CC2)c1/C=C/C1CCN(c2ccc3nc(C#N)cc(C)c3c2)CC1. The molecule has 0 amide bonds. The van der Waals surface area contributed by atoms with Gasteiger partial charge in [0.25, 0.3) is 0 Å². The van der Waals surface area contributed by atoms with Crippen molar-refractivity contribution in [2.75, 3.05) is 18.0 Å².